The molecule has 2 rings (SSSR count). The molecule has 0 atom stereocenters. The van der Waals surface area contributed by atoms with Crippen molar-refractivity contribution in [1.82, 2.24) is 9.97 Å². The van der Waals surface area contributed by atoms with E-state index in [1.165, 1.54) is 0 Å². The maximum atomic E-state index is 11.6. The summed E-state index contributed by atoms with van der Waals surface area (Å²) >= 11 is 2.16. The SMILES string of the molecule is O=C(Nc1ccccc1I)OCCCc1c[nH]cn1. The smallest absolute Gasteiger partial charge is 0.411 e. The monoisotopic (exact) mass is 371 g/mol. The van der Waals surface area contributed by atoms with Gasteiger partial charge in [-0.1, -0.05) is 12.1 Å². The number of imidazole rings is 1. The van der Waals surface area contributed by atoms with E-state index in [1.807, 2.05) is 30.5 Å². The molecule has 100 valence electrons. The summed E-state index contributed by atoms with van der Waals surface area (Å²) in [5.74, 6) is 0. The van der Waals surface area contributed by atoms with Gasteiger partial charge in [-0.2, -0.15) is 0 Å². The molecule has 0 saturated carbocycles. The standard InChI is InChI=1S/C13H14IN3O2/c14-11-5-1-2-6-12(11)17-13(18)19-7-3-4-10-8-15-9-16-10/h1-2,5-6,8-9H,3-4,7H2,(H,15,16)(H,17,18). The molecule has 1 amide bonds. The predicted octanol–water partition coefficient (Wildman–Crippen LogP) is 3.20. The number of aromatic amines is 1. The van der Waals surface area contributed by atoms with Crippen LogP contribution >= 0.6 is 22.6 Å². The molecular formula is C13H14IN3O2. The second kappa shape index (κ2) is 7.13. The fourth-order valence-corrected chi connectivity index (χ4v) is 2.08. The Morgan fingerprint density at radius 2 is 2.26 bits per heavy atom. The normalized spacial score (nSPS) is 10.2. The van der Waals surface area contributed by atoms with Crippen molar-refractivity contribution in [3.8, 4) is 0 Å². The Kier molecular flexibility index (Phi) is 5.20. The molecule has 0 aliphatic rings. The van der Waals surface area contributed by atoms with Crippen LogP contribution in [-0.2, 0) is 11.2 Å². The van der Waals surface area contributed by atoms with E-state index in [9.17, 15) is 4.79 Å². The number of carbonyl (C=O) groups is 1. The Balaban J connectivity index is 1.69. The Morgan fingerprint density at radius 1 is 1.42 bits per heavy atom. The number of aryl methyl sites for hydroxylation is 1. The third kappa shape index (κ3) is 4.55. The molecule has 0 saturated heterocycles. The minimum Gasteiger partial charge on any atom is -0.449 e. The van der Waals surface area contributed by atoms with Crippen molar-refractivity contribution in [2.45, 2.75) is 12.8 Å². The molecule has 0 fully saturated rings. The van der Waals surface area contributed by atoms with Crippen molar-refractivity contribution in [2.75, 3.05) is 11.9 Å². The first-order valence-electron chi connectivity index (χ1n) is 5.91. The van der Waals surface area contributed by atoms with E-state index in [-0.39, 0.29) is 0 Å². The predicted molar refractivity (Wildman–Crippen MR) is 81.0 cm³/mol. The van der Waals surface area contributed by atoms with Crippen LogP contribution in [0.25, 0.3) is 0 Å². The van der Waals surface area contributed by atoms with E-state index in [2.05, 4.69) is 37.9 Å². The third-order valence-electron chi connectivity index (χ3n) is 2.48. The van der Waals surface area contributed by atoms with Crippen molar-refractivity contribution in [2.24, 2.45) is 0 Å². The average molecular weight is 371 g/mol. The highest BCUT2D eigenvalue weighted by Gasteiger charge is 2.05. The molecule has 2 aromatic rings. The number of nitrogens with zero attached hydrogens (tertiary/aromatic N) is 1. The summed E-state index contributed by atoms with van der Waals surface area (Å²) < 4.78 is 6.09. The zero-order chi connectivity index (χ0) is 13.5. The van der Waals surface area contributed by atoms with E-state index in [0.29, 0.717) is 6.61 Å². The molecule has 0 bridgehead atoms. The summed E-state index contributed by atoms with van der Waals surface area (Å²) in [6.45, 7) is 0.377. The van der Waals surface area contributed by atoms with Gasteiger partial charge in [-0.15, -0.1) is 0 Å². The summed E-state index contributed by atoms with van der Waals surface area (Å²) in [6.07, 6.45) is 4.60. The lowest BCUT2D eigenvalue weighted by Gasteiger charge is -2.07. The zero-order valence-corrected chi connectivity index (χ0v) is 12.4. The van der Waals surface area contributed by atoms with Gasteiger partial charge < -0.3 is 9.72 Å². The Morgan fingerprint density at radius 3 is 3.00 bits per heavy atom. The van der Waals surface area contributed by atoms with Crippen molar-refractivity contribution in [3.05, 3.63) is 46.1 Å². The zero-order valence-electron chi connectivity index (χ0n) is 10.2. The van der Waals surface area contributed by atoms with Crippen LogP contribution in [0, 0.1) is 3.57 Å². The first-order chi connectivity index (χ1) is 9.25. The quantitative estimate of drug-likeness (QED) is 0.627. The van der Waals surface area contributed by atoms with Gasteiger partial charge in [0.05, 0.1) is 24.3 Å². The van der Waals surface area contributed by atoms with Crippen LogP contribution in [0.15, 0.2) is 36.8 Å². The average Bonchev–Trinajstić information content (AvgIpc) is 2.91. The second-order valence-corrected chi connectivity index (χ2v) is 5.07. The van der Waals surface area contributed by atoms with Crippen LogP contribution in [0.5, 0.6) is 0 Å². The molecule has 2 N–H and O–H groups in total. The number of benzene rings is 1. The number of hydrogen-bond donors (Lipinski definition) is 2. The number of hydrogen-bond acceptors (Lipinski definition) is 3. The molecule has 1 heterocycles. The van der Waals surface area contributed by atoms with Crippen molar-refractivity contribution in [3.63, 3.8) is 0 Å². The van der Waals surface area contributed by atoms with E-state index in [1.54, 1.807) is 6.33 Å². The van der Waals surface area contributed by atoms with Gasteiger partial charge in [0.25, 0.3) is 0 Å². The number of halogens is 1. The Bertz CT molecular complexity index is 528. The van der Waals surface area contributed by atoms with Crippen molar-refractivity contribution >= 4 is 34.4 Å². The van der Waals surface area contributed by atoms with Crippen LogP contribution in [0.3, 0.4) is 0 Å². The molecule has 5 nitrogen and oxygen atoms in total. The fourth-order valence-electron chi connectivity index (χ4n) is 1.55. The highest BCUT2D eigenvalue weighted by molar-refractivity contribution is 14.1. The fraction of sp³-hybridized carbons (Fsp3) is 0.231. The number of carbonyl (C=O) groups excluding carboxylic acids is 1. The lowest BCUT2D eigenvalue weighted by atomic mass is 10.3. The first-order valence-corrected chi connectivity index (χ1v) is 6.99. The molecule has 0 spiro atoms. The molecular weight excluding hydrogens is 357 g/mol. The molecule has 0 unspecified atom stereocenters. The minimum absolute atomic E-state index is 0.377. The molecule has 6 heteroatoms. The molecule has 19 heavy (non-hydrogen) atoms. The molecule has 1 aromatic carbocycles. The summed E-state index contributed by atoms with van der Waals surface area (Å²) in [7, 11) is 0. The lowest BCUT2D eigenvalue weighted by Crippen LogP contribution is -2.15. The van der Waals surface area contributed by atoms with E-state index in [4.69, 9.17) is 4.74 Å². The second-order valence-electron chi connectivity index (χ2n) is 3.90. The molecule has 0 aliphatic heterocycles. The maximum absolute atomic E-state index is 11.6. The van der Waals surface area contributed by atoms with Gasteiger partial charge >= 0.3 is 6.09 Å². The largest absolute Gasteiger partial charge is 0.449 e. The van der Waals surface area contributed by atoms with Gasteiger partial charge in [0.1, 0.15) is 0 Å². The van der Waals surface area contributed by atoms with E-state index >= 15 is 0 Å². The van der Waals surface area contributed by atoms with Gasteiger partial charge in [0.15, 0.2) is 0 Å². The third-order valence-corrected chi connectivity index (χ3v) is 3.42. The maximum Gasteiger partial charge on any atom is 0.411 e. The lowest BCUT2D eigenvalue weighted by molar-refractivity contribution is 0.160. The molecule has 1 aromatic heterocycles. The van der Waals surface area contributed by atoms with Crippen LogP contribution in [-0.4, -0.2) is 22.7 Å². The number of rotatable bonds is 5. The highest BCUT2D eigenvalue weighted by atomic mass is 127. The van der Waals surface area contributed by atoms with Crippen molar-refractivity contribution < 1.29 is 9.53 Å². The topological polar surface area (TPSA) is 67.0 Å². The van der Waals surface area contributed by atoms with Gasteiger partial charge in [-0.3, -0.25) is 5.32 Å². The van der Waals surface area contributed by atoms with Crippen LogP contribution in [0.4, 0.5) is 10.5 Å². The summed E-state index contributed by atoms with van der Waals surface area (Å²) in [5.41, 5.74) is 1.74. The first kappa shape index (κ1) is 13.9. The van der Waals surface area contributed by atoms with Crippen molar-refractivity contribution in [1.29, 1.82) is 0 Å². The molecule has 0 aliphatic carbocycles. The number of amides is 1. The Hall–Kier alpha value is -1.57. The van der Waals surface area contributed by atoms with Gasteiger partial charge in [-0.05, 0) is 47.6 Å². The number of ether oxygens (including phenoxy) is 1. The Labute approximate surface area is 124 Å². The van der Waals surface area contributed by atoms with Crippen LogP contribution in [0.1, 0.15) is 12.1 Å². The summed E-state index contributed by atoms with van der Waals surface area (Å²) in [6, 6.07) is 7.55. The van der Waals surface area contributed by atoms with Gasteiger partial charge in [0, 0.05) is 9.77 Å². The minimum atomic E-state index is -0.425. The number of H-pyrrole nitrogens is 1. The van der Waals surface area contributed by atoms with Crippen LogP contribution < -0.4 is 5.32 Å². The number of para-hydroxylation sites is 1. The van der Waals surface area contributed by atoms with Gasteiger partial charge in [0.2, 0.25) is 0 Å². The molecule has 0 radical (unpaired) electrons. The number of anilines is 1. The summed E-state index contributed by atoms with van der Waals surface area (Å²) in [5, 5.41) is 2.71. The van der Waals surface area contributed by atoms with Crippen LogP contribution in [0.2, 0.25) is 0 Å². The summed E-state index contributed by atoms with van der Waals surface area (Å²) in [4.78, 5) is 18.6. The highest BCUT2D eigenvalue weighted by Crippen LogP contribution is 2.16. The van der Waals surface area contributed by atoms with E-state index in [0.717, 1.165) is 27.8 Å². The number of aromatic nitrogens is 2. The van der Waals surface area contributed by atoms with Gasteiger partial charge in [-0.25, -0.2) is 9.78 Å². The van der Waals surface area contributed by atoms with E-state index < -0.39 is 6.09 Å². The number of nitrogens with one attached hydrogen (secondary N) is 2.